The van der Waals surface area contributed by atoms with Gasteiger partial charge in [-0.1, -0.05) is 84.9 Å². The third kappa shape index (κ3) is 5.80. The predicted molar refractivity (Wildman–Crippen MR) is 323 cm³/mol. The zero-order chi connectivity index (χ0) is 52.2. The highest BCUT2D eigenvalue weighted by atomic mass is 15.3. The van der Waals surface area contributed by atoms with E-state index in [2.05, 4.69) is 224 Å². The first-order valence-corrected chi connectivity index (χ1v) is 26.9. The Morgan fingerprint density at radius 3 is 0.775 bits per heavy atom. The van der Waals surface area contributed by atoms with Crippen molar-refractivity contribution >= 4 is 149 Å². The van der Waals surface area contributed by atoms with E-state index in [-0.39, 0.29) is 13.4 Å². The van der Waals surface area contributed by atoms with Crippen molar-refractivity contribution in [1.29, 1.82) is 0 Å². The Hall–Kier alpha value is -10.9. The minimum absolute atomic E-state index is 0.0280. The van der Waals surface area contributed by atoms with E-state index in [0.717, 1.165) is 78.7 Å². The zero-order valence-corrected chi connectivity index (χ0v) is 42.6. The molecule has 0 unspecified atom stereocenters. The fourth-order valence-electron chi connectivity index (χ4n) is 13.8. The van der Waals surface area contributed by atoms with Gasteiger partial charge in [-0.2, -0.15) is 0 Å². The molecular weight excluding hydrogens is 982 g/mol. The van der Waals surface area contributed by atoms with Crippen LogP contribution in [0.2, 0.25) is 0 Å². The molecule has 12 aromatic rings. The molecule has 0 aliphatic carbocycles. The highest BCUT2D eigenvalue weighted by Gasteiger charge is 2.51. The number of hydrogen-bond acceptors (Lipinski definition) is 12. The summed E-state index contributed by atoms with van der Waals surface area (Å²) < 4.78 is 0. The molecule has 0 saturated carbocycles. The van der Waals surface area contributed by atoms with Crippen LogP contribution >= 0.6 is 0 Å². The molecule has 9 aromatic carbocycles. The summed E-state index contributed by atoms with van der Waals surface area (Å²) in [6, 6.07) is 73.9. The highest BCUT2D eigenvalue weighted by molar-refractivity contribution is 7.03. The van der Waals surface area contributed by atoms with Gasteiger partial charge in [-0.05, 0) is 160 Å². The van der Waals surface area contributed by atoms with Gasteiger partial charge in [0.2, 0.25) is 17.8 Å². The molecule has 6 aliphatic rings. The van der Waals surface area contributed by atoms with Crippen LogP contribution < -0.4 is 62.2 Å². The van der Waals surface area contributed by atoms with Gasteiger partial charge in [0, 0.05) is 128 Å². The Balaban J connectivity index is 0.761. The van der Waals surface area contributed by atoms with Crippen molar-refractivity contribution in [3.8, 4) is 11.1 Å². The van der Waals surface area contributed by atoms with Gasteiger partial charge >= 0.3 is 0 Å². The van der Waals surface area contributed by atoms with Crippen LogP contribution in [0.5, 0.6) is 0 Å². The first-order chi connectivity index (χ1) is 39.8. The SMILES string of the molecule is c1ccc(N2c3cccc4c3B3c5c2cccc5N(c2ccc(-c5cnc(N6c7cccc8c7B7c9c(cccc9N(c9ncccn9)c9cccc6c97)N8c6ncccn6)nc5)cc2)c2cccc(c23)N4c2ccccc2)cc1. The van der Waals surface area contributed by atoms with Crippen LogP contribution in [0.3, 0.4) is 0 Å². The monoisotopic (exact) mass is 1020 g/mol. The van der Waals surface area contributed by atoms with Gasteiger partial charge in [-0.15, -0.1) is 0 Å². The van der Waals surface area contributed by atoms with E-state index in [4.69, 9.17) is 29.9 Å². The van der Waals surface area contributed by atoms with E-state index in [1.807, 2.05) is 24.5 Å². The molecule has 0 bridgehead atoms. The lowest BCUT2D eigenvalue weighted by atomic mass is 9.32. The van der Waals surface area contributed by atoms with Gasteiger partial charge in [0.15, 0.2) is 0 Å². The van der Waals surface area contributed by atoms with Crippen LogP contribution in [0.15, 0.2) is 243 Å². The summed E-state index contributed by atoms with van der Waals surface area (Å²) in [5.41, 5.74) is 25.7. The number of aromatic nitrogens is 6. The molecule has 9 heterocycles. The van der Waals surface area contributed by atoms with Crippen molar-refractivity contribution in [3.63, 3.8) is 0 Å². The molecule has 0 atom stereocenters. The van der Waals surface area contributed by atoms with Gasteiger partial charge in [-0.3, -0.25) is 14.7 Å². The Morgan fingerprint density at radius 1 is 0.212 bits per heavy atom. The molecule has 3 aromatic heterocycles. The van der Waals surface area contributed by atoms with E-state index in [1.165, 1.54) is 50.5 Å². The number of para-hydroxylation sites is 2. The number of benzene rings is 9. The number of nitrogens with zero attached hydrogens (tertiary/aromatic N) is 12. The van der Waals surface area contributed by atoms with Gasteiger partial charge in [0.05, 0.1) is 0 Å². The molecule has 0 amide bonds. The Bertz CT molecular complexity index is 4010. The number of anilines is 18. The van der Waals surface area contributed by atoms with Gasteiger partial charge in [0.25, 0.3) is 13.4 Å². The Kier molecular flexibility index (Phi) is 8.84. The minimum atomic E-state index is -0.111. The van der Waals surface area contributed by atoms with Crippen molar-refractivity contribution in [2.75, 3.05) is 29.4 Å². The average molecular weight is 1020 g/mol. The topological polar surface area (TPSA) is 96.8 Å². The third-order valence-corrected chi connectivity index (χ3v) is 16.8. The zero-order valence-electron chi connectivity index (χ0n) is 42.6. The van der Waals surface area contributed by atoms with Crippen molar-refractivity contribution in [2.45, 2.75) is 0 Å². The van der Waals surface area contributed by atoms with Crippen LogP contribution in [0.1, 0.15) is 0 Å². The maximum absolute atomic E-state index is 5.24. The summed E-state index contributed by atoms with van der Waals surface area (Å²) >= 11 is 0. The number of hydrogen-bond donors (Lipinski definition) is 0. The molecule has 0 N–H and O–H groups in total. The first kappa shape index (κ1) is 43.3. The van der Waals surface area contributed by atoms with E-state index in [1.54, 1.807) is 24.8 Å². The van der Waals surface area contributed by atoms with Crippen LogP contribution in [-0.4, -0.2) is 43.3 Å². The third-order valence-electron chi connectivity index (χ3n) is 16.8. The minimum Gasteiger partial charge on any atom is -0.311 e. The lowest BCUT2D eigenvalue weighted by molar-refractivity contribution is 1.06. The molecule has 370 valence electrons. The first-order valence-electron chi connectivity index (χ1n) is 26.9. The van der Waals surface area contributed by atoms with Crippen LogP contribution in [0.4, 0.5) is 103 Å². The Morgan fingerprint density at radius 2 is 0.475 bits per heavy atom. The van der Waals surface area contributed by atoms with Crippen LogP contribution in [0, 0.1) is 0 Å². The molecule has 80 heavy (non-hydrogen) atoms. The molecule has 0 saturated heterocycles. The van der Waals surface area contributed by atoms with E-state index >= 15 is 0 Å². The van der Waals surface area contributed by atoms with Crippen LogP contribution in [0.25, 0.3) is 11.1 Å². The second kappa shape index (κ2) is 16.3. The van der Waals surface area contributed by atoms with Crippen molar-refractivity contribution < 1.29 is 0 Å². The van der Waals surface area contributed by atoms with E-state index in [0.29, 0.717) is 17.8 Å². The molecule has 6 aliphatic heterocycles. The fourth-order valence-corrected chi connectivity index (χ4v) is 13.8. The molecular formula is C66H40B2N12. The summed E-state index contributed by atoms with van der Waals surface area (Å²) in [6.45, 7) is -0.0832. The molecule has 14 heteroatoms. The van der Waals surface area contributed by atoms with Crippen LogP contribution in [-0.2, 0) is 0 Å². The highest BCUT2D eigenvalue weighted by Crippen LogP contribution is 2.52. The normalized spacial score (nSPS) is 14.1. The second-order valence-electron chi connectivity index (χ2n) is 20.7. The average Bonchev–Trinajstić information content (AvgIpc) is 3.35. The summed E-state index contributed by atoms with van der Waals surface area (Å²) in [7, 11) is 0. The van der Waals surface area contributed by atoms with E-state index < -0.39 is 0 Å². The summed E-state index contributed by atoms with van der Waals surface area (Å²) in [5.74, 6) is 1.73. The molecule has 0 spiro atoms. The Labute approximate surface area is 461 Å². The molecule has 18 rings (SSSR count). The summed E-state index contributed by atoms with van der Waals surface area (Å²) in [6.07, 6.45) is 11.1. The number of rotatable bonds is 7. The maximum Gasteiger partial charge on any atom is 0.257 e. The fraction of sp³-hybridized carbons (Fsp3) is 0. The van der Waals surface area contributed by atoms with Gasteiger partial charge in [0.1, 0.15) is 0 Å². The van der Waals surface area contributed by atoms with Gasteiger partial charge in [-0.25, -0.2) is 29.9 Å². The lowest BCUT2D eigenvalue weighted by Gasteiger charge is -2.49. The lowest BCUT2D eigenvalue weighted by Crippen LogP contribution is -2.65. The molecule has 0 fully saturated rings. The molecule has 12 nitrogen and oxygen atoms in total. The van der Waals surface area contributed by atoms with Crippen molar-refractivity contribution in [2.24, 2.45) is 0 Å². The largest absolute Gasteiger partial charge is 0.311 e. The predicted octanol–water partition coefficient (Wildman–Crippen LogP) is 11.5. The van der Waals surface area contributed by atoms with E-state index in [9.17, 15) is 0 Å². The maximum atomic E-state index is 5.24. The van der Waals surface area contributed by atoms with Gasteiger partial charge < -0.3 is 14.7 Å². The molecule has 0 radical (unpaired) electrons. The standard InChI is InChI=1S/C66H40B2N12/c1-3-15-43(16-4-1)75-46-19-7-20-47-58(46)67-59-48(75)21-8-23-50(59)77(51-24-9-22-49(60(51)67)76(47)44-17-5-2-6-18-44)45-33-31-41(32-34-45)42-39-73-66(74-40-42)80-56-29-11-27-54-62(56)68-61-52(78(54)64-69-35-13-36-70-64)25-10-26-53(61)79(65-71-37-14-38-72-65)55-28-12-30-57(80)63(55)68/h1-40H. The smallest absolute Gasteiger partial charge is 0.257 e. The van der Waals surface area contributed by atoms with Crippen molar-refractivity contribution in [3.05, 3.63) is 243 Å². The van der Waals surface area contributed by atoms with Crippen molar-refractivity contribution in [1.82, 2.24) is 29.9 Å². The quantitative estimate of drug-likeness (QED) is 0.142. The second-order valence-corrected chi connectivity index (χ2v) is 20.7. The summed E-state index contributed by atoms with van der Waals surface area (Å²) in [5, 5.41) is 0. The summed E-state index contributed by atoms with van der Waals surface area (Å²) in [4.78, 5) is 43.7.